The minimum atomic E-state index is -3.65. The smallest absolute Gasteiger partial charge is 0.280 e. The highest BCUT2D eigenvalue weighted by Gasteiger charge is 2.21. The van der Waals surface area contributed by atoms with Gasteiger partial charge in [-0.05, 0) is 0 Å². The van der Waals surface area contributed by atoms with Gasteiger partial charge in [0.05, 0.1) is 11.9 Å². The Labute approximate surface area is 122 Å². The lowest BCUT2D eigenvalue weighted by Crippen LogP contribution is -2.15. The van der Waals surface area contributed by atoms with E-state index in [-0.39, 0.29) is 10.4 Å². The second kappa shape index (κ2) is 5.17. The molecule has 0 aliphatic heterocycles. The summed E-state index contributed by atoms with van der Waals surface area (Å²) >= 11 is 1.27. The van der Waals surface area contributed by atoms with Gasteiger partial charge in [0.2, 0.25) is 0 Å². The standard InChI is InChI=1S/C12H18N4O2S2/c1-5-9-13-6-10(15-9)20(17,18)16-11-14-8(7-19-11)12(2,3)4/h6-7H,5H2,1-4H3,(H,13,15)(H,14,16). The van der Waals surface area contributed by atoms with Crippen molar-refractivity contribution in [1.82, 2.24) is 15.0 Å². The monoisotopic (exact) mass is 314 g/mol. The first-order valence-electron chi connectivity index (χ1n) is 6.25. The molecule has 110 valence electrons. The molecule has 0 aliphatic carbocycles. The number of aromatic nitrogens is 3. The van der Waals surface area contributed by atoms with E-state index in [0.717, 1.165) is 5.69 Å². The predicted molar refractivity (Wildman–Crippen MR) is 79.6 cm³/mol. The van der Waals surface area contributed by atoms with Crippen LogP contribution in [-0.2, 0) is 21.9 Å². The fraction of sp³-hybridized carbons (Fsp3) is 0.500. The molecule has 2 heterocycles. The molecule has 0 spiro atoms. The number of hydrogen-bond acceptors (Lipinski definition) is 5. The summed E-state index contributed by atoms with van der Waals surface area (Å²) in [4.78, 5) is 11.1. The van der Waals surface area contributed by atoms with E-state index in [0.29, 0.717) is 17.4 Å². The Morgan fingerprint density at radius 3 is 2.60 bits per heavy atom. The minimum Gasteiger partial charge on any atom is -0.332 e. The largest absolute Gasteiger partial charge is 0.332 e. The molecule has 2 aromatic heterocycles. The van der Waals surface area contributed by atoms with Gasteiger partial charge < -0.3 is 4.98 Å². The molecule has 6 nitrogen and oxygen atoms in total. The quantitative estimate of drug-likeness (QED) is 0.907. The Bertz CT molecular complexity index is 695. The normalized spacial score (nSPS) is 12.6. The van der Waals surface area contributed by atoms with Crippen molar-refractivity contribution in [2.75, 3.05) is 4.72 Å². The topological polar surface area (TPSA) is 87.7 Å². The van der Waals surface area contributed by atoms with Crippen LogP contribution in [0.4, 0.5) is 5.13 Å². The molecule has 20 heavy (non-hydrogen) atoms. The van der Waals surface area contributed by atoms with Crippen LogP contribution in [0.5, 0.6) is 0 Å². The Balaban J connectivity index is 2.22. The molecule has 2 N–H and O–H groups in total. The average molecular weight is 314 g/mol. The first kappa shape index (κ1) is 15.0. The molecule has 2 rings (SSSR count). The molecule has 0 aliphatic rings. The van der Waals surface area contributed by atoms with Gasteiger partial charge in [-0.3, -0.25) is 4.72 Å². The third-order valence-corrected chi connectivity index (χ3v) is 4.86. The van der Waals surface area contributed by atoms with Crippen molar-refractivity contribution in [3.63, 3.8) is 0 Å². The van der Waals surface area contributed by atoms with Crippen molar-refractivity contribution in [3.8, 4) is 0 Å². The van der Waals surface area contributed by atoms with Gasteiger partial charge >= 0.3 is 0 Å². The summed E-state index contributed by atoms with van der Waals surface area (Å²) in [6.45, 7) is 7.99. The number of imidazole rings is 1. The van der Waals surface area contributed by atoms with Crippen molar-refractivity contribution in [2.24, 2.45) is 0 Å². The van der Waals surface area contributed by atoms with E-state index in [1.165, 1.54) is 17.5 Å². The number of nitrogens with zero attached hydrogens (tertiary/aromatic N) is 2. The van der Waals surface area contributed by atoms with Crippen LogP contribution in [0.3, 0.4) is 0 Å². The third-order valence-electron chi connectivity index (χ3n) is 2.72. The van der Waals surface area contributed by atoms with Crippen molar-refractivity contribution in [1.29, 1.82) is 0 Å². The summed E-state index contributed by atoms with van der Waals surface area (Å²) < 4.78 is 26.8. The molecule has 0 amide bonds. The van der Waals surface area contributed by atoms with Crippen LogP contribution in [0.15, 0.2) is 16.6 Å². The lowest BCUT2D eigenvalue weighted by Gasteiger charge is -2.14. The maximum absolute atomic E-state index is 12.2. The van der Waals surface area contributed by atoms with E-state index >= 15 is 0 Å². The molecule has 0 fully saturated rings. The highest BCUT2D eigenvalue weighted by Crippen LogP contribution is 2.27. The van der Waals surface area contributed by atoms with Gasteiger partial charge in [-0.25, -0.2) is 9.97 Å². The Morgan fingerprint density at radius 1 is 1.40 bits per heavy atom. The number of thiazole rings is 1. The van der Waals surface area contributed by atoms with Gasteiger partial charge in [0.1, 0.15) is 5.82 Å². The second-order valence-electron chi connectivity index (χ2n) is 5.44. The van der Waals surface area contributed by atoms with Gasteiger partial charge in [0.15, 0.2) is 10.2 Å². The number of rotatable bonds is 4. The Morgan fingerprint density at radius 2 is 2.10 bits per heavy atom. The number of aryl methyl sites for hydroxylation is 1. The molecular formula is C12H18N4O2S2. The average Bonchev–Trinajstić information content (AvgIpc) is 2.95. The molecule has 0 saturated carbocycles. The number of aromatic amines is 1. The van der Waals surface area contributed by atoms with Gasteiger partial charge in [0, 0.05) is 17.2 Å². The molecule has 0 radical (unpaired) electrons. The number of H-pyrrole nitrogens is 1. The lowest BCUT2D eigenvalue weighted by atomic mass is 9.93. The van der Waals surface area contributed by atoms with Crippen LogP contribution in [0.1, 0.15) is 39.2 Å². The van der Waals surface area contributed by atoms with Crippen molar-refractivity contribution in [2.45, 2.75) is 44.6 Å². The molecule has 0 bridgehead atoms. The van der Waals surface area contributed by atoms with E-state index in [1.807, 2.05) is 33.1 Å². The van der Waals surface area contributed by atoms with Gasteiger partial charge in [0.25, 0.3) is 10.0 Å². The van der Waals surface area contributed by atoms with E-state index in [4.69, 9.17) is 0 Å². The highest BCUT2D eigenvalue weighted by molar-refractivity contribution is 7.92. The zero-order chi connectivity index (χ0) is 15.0. The van der Waals surface area contributed by atoms with Crippen LogP contribution in [0, 0.1) is 0 Å². The number of sulfonamides is 1. The summed E-state index contributed by atoms with van der Waals surface area (Å²) in [5, 5.41) is 2.28. The zero-order valence-corrected chi connectivity index (χ0v) is 13.5. The summed E-state index contributed by atoms with van der Waals surface area (Å²) in [5.74, 6) is 0.639. The van der Waals surface area contributed by atoms with Crippen molar-refractivity contribution < 1.29 is 8.42 Å². The first-order chi connectivity index (χ1) is 9.22. The fourth-order valence-electron chi connectivity index (χ4n) is 1.49. The van der Waals surface area contributed by atoms with E-state index in [1.54, 1.807) is 0 Å². The molecule has 0 unspecified atom stereocenters. The summed E-state index contributed by atoms with van der Waals surface area (Å²) in [7, 11) is -3.65. The SMILES string of the molecule is CCc1ncc(S(=O)(=O)Nc2nc(C(C)(C)C)cs2)[nH]1. The lowest BCUT2D eigenvalue weighted by molar-refractivity contribution is 0.573. The number of nitrogens with one attached hydrogen (secondary N) is 2. The number of anilines is 1. The van der Waals surface area contributed by atoms with Crippen molar-refractivity contribution >= 4 is 26.5 Å². The van der Waals surface area contributed by atoms with Crippen LogP contribution in [-0.4, -0.2) is 23.4 Å². The summed E-state index contributed by atoms with van der Waals surface area (Å²) in [6, 6.07) is 0. The zero-order valence-electron chi connectivity index (χ0n) is 11.9. The fourth-order valence-corrected chi connectivity index (χ4v) is 3.63. The van der Waals surface area contributed by atoms with E-state index < -0.39 is 10.0 Å². The van der Waals surface area contributed by atoms with Crippen molar-refractivity contribution in [3.05, 3.63) is 23.1 Å². The van der Waals surface area contributed by atoms with Crippen LogP contribution in [0.2, 0.25) is 0 Å². The molecule has 8 heteroatoms. The van der Waals surface area contributed by atoms with E-state index in [2.05, 4.69) is 19.7 Å². The number of hydrogen-bond donors (Lipinski definition) is 2. The Kier molecular flexibility index (Phi) is 3.88. The van der Waals surface area contributed by atoms with Crippen LogP contribution < -0.4 is 4.72 Å². The maximum Gasteiger partial charge on any atom is 0.280 e. The molecule has 0 atom stereocenters. The van der Waals surface area contributed by atoms with Gasteiger partial charge in [-0.2, -0.15) is 8.42 Å². The third kappa shape index (κ3) is 3.18. The summed E-state index contributed by atoms with van der Waals surface area (Å²) in [6.07, 6.45) is 1.97. The summed E-state index contributed by atoms with van der Waals surface area (Å²) in [5.41, 5.74) is 0.753. The Hall–Kier alpha value is -1.41. The van der Waals surface area contributed by atoms with E-state index in [9.17, 15) is 8.42 Å². The second-order valence-corrected chi connectivity index (χ2v) is 7.95. The highest BCUT2D eigenvalue weighted by atomic mass is 32.2. The maximum atomic E-state index is 12.2. The van der Waals surface area contributed by atoms with Gasteiger partial charge in [-0.15, -0.1) is 11.3 Å². The van der Waals surface area contributed by atoms with Gasteiger partial charge in [-0.1, -0.05) is 27.7 Å². The molecule has 2 aromatic rings. The van der Waals surface area contributed by atoms with Crippen LogP contribution in [0.25, 0.3) is 0 Å². The molecule has 0 aromatic carbocycles. The molecular weight excluding hydrogens is 296 g/mol. The predicted octanol–water partition coefficient (Wildman–Crippen LogP) is 2.53. The minimum absolute atomic E-state index is 0.0573. The van der Waals surface area contributed by atoms with Crippen LogP contribution >= 0.6 is 11.3 Å². The first-order valence-corrected chi connectivity index (χ1v) is 8.61. The molecule has 0 saturated heterocycles.